The molecule has 0 saturated carbocycles. The predicted molar refractivity (Wildman–Crippen MR) is 99.6 cm³/mol. The third kappa shape index (κ3) is 2.73. The van der Waals surface area contributed by atoms with Crippen LogP contribution in [0.4, 0.5) is 0 Å². The van der Waals surface area contributed by atoms with Gasteiger partial charge in [0.25, 0.3) is 0 Å². The summed E-state index contributed by atoms with van der Waals surface area (Å²) < 4.78 is 0. The zero-order chi connectivity index (χ0) is 15.7. The molecule has 2 aromatic rings. The van der Waals surface area contributed by atoms with Crippen LogP contribution >= 0.6 is 0 Å². The van der Waals surface area contributed by atoms with Crippen LogP contribution in [0.1, 0.15) is 37.8 Å². The van der Waals surface area contributed by atoms with Gasteiger partial charge in [0.15, 0.2) is 0 Å². The maximum absolute atomic E-state index is 2.32. The fourth-order valence-electron chi connectivity index (χ4n) is 3.49. The number of rotatable bonds is 3. The number of benzene rings is 2. The summed E-state index contributed by atoms with van der Waals surface area (Å²) >= 11 is 0. The Bertz CT molecular complexity index is 733. The highest BCUT2D eigenvalue weighted by atomic mass is 28.2. The maximum atomic E-state index is 2.32. The molecule has 1 atom stereocenters. The summed E-state index contributed by atoms with van der Waals surface area (Å²) in [5.74, 6) is 0.507. The highest BCUT2D eigenvalue weighted by Crippen LogP contribution is 2.42. The van der Waals surface area contributed by atoms with Gasteiger partial charge in [-0.25, -0.2) is 0 Å². The molecule has 1 aliphatic carbocycles. The SMILES string of the molecule is CC1=C(C)C(c2ccc(C)cc2)C([SiH2]c2ccccc2)=C1C. The summed E-state index contributed by atoms with van der Waals surface area (Å²) in [6.07, 6.45) is 0. The smallest absolute Gasteiger partial charge is 0.0683 e. The Morgan fingerprint density at radius 3 is 2.00 bits per heavy atom. The second-order valence-electron chi connectivity index (χ2n) is 6.46. The van der Waals surface area contributed by atoms with Crippen molar-refractivity contribution in [2.24, 2.45) is 0 Å². The van der Waals surface area contributed by atoms with Crippen molar-refractivity contribution >= 4 is 14.7 Å². The van der Waals surface area contributed by atoms with Crippen molar-refractivity contribution in [1.82, 2.24) is 0 Å². The van der Waals surface area contributed by atoms with Crippen LogP contribution in [0.15, 0.2) is 76.5 Å². The molecule has 0 saturated heterocycles. The fraction of sp³-hybridized carbons (Fsp3) is 0.238. The molecule has 1 aliphatic rings. The van der Waals surface area contributed by atoms with E-state index in [4.69, 9.17) is 0 Å². The Morgan fingerprint density at radius 2 is 1.36 bits per heavy atom. The molecule has 0 radical (unpaired) electrons. The molecule has 0 aromatic heterocycles. The molecule has 0 N–H and O–H groups in total. The zero-order valence-electron chi connectivity index (χ0n) is 14.0. The van der Waals surface area contributed by atoms with E-state index in [2.05, 4.69) is 82.3 Å². The number of hydrogen-bond acceptors (Lipinski definition) is 0. The average Bonchev–Trinajstić information content (AvgIpc) is 2.74. The van der Waals surface area contributed by atoms with Crippen LogP contribution in [0.25, 0.3) is 0 Å². The summed E-state index contributed by atoms with van der Waals surface area (Å²) in [7, 11) is -0.409. The molecule has 1 unspecified atom stereocenters. The average molecular weight is 305 g/mol. The monoisotopic (exact) mass is 304 g/mol. The van der Waals surface area contributed by atoms with E-state index in [0.717, 1.165) is 0 Å². The van der Waals surface area contributed by atoms with Gasteiger partial charge in [0.05, 0.1) is 9.52 Å². The van der Waals surface area contributed by atoms with Crippen molar-refractivity contribution < 1.29 is 0 Å². The van der Waals surface area contributed by atoms with E-state index in [0.29, 0.717) is 5.92 Å². The second-order valence-corrected chi connectivity index (χ2v) is 8.40. The van der Waals surface area contributed by atoms with E-state index in [1.165, 1.54) is 21.9 Å². The molecule has 1 heteroatoms. The van der Waals surface area contributed by atoms with Gasteiger partial charge >= 0.3 is 0 Å². The fourth-order valence-corrected chi connectivity index (χ4v) is 5.72. The summed E-state index contributed by atoms with van der Waals surface area (Å²) in [6, 6.07) is 20.1. The molecule has 3 rings (SSSR count). The summed E-state index contributed by atoms with van der Waals surface area (Å²) in [6.45, 7) is 9.08. The Kier molecular flexibility index (Phi) is 4.17. The largest absolute Gasteiger partial charge is 0.0840 e. The number of allylic oxidation sites excluding steroid dienone is 4. The van der Waals surface area contributed by atoms with Gasteiger partial charge in [0.2, 0.25) is 0 Å². The zero-order valence-corrected chi connectivity index (χ0v) is 15.4. The Balaban J connectivity index is 2.01. The summed E-state index contributed by atoms with van der Waals surface area (Å²) in [5.41, 5.74) is 7.38. The van der Waals surface area contributed by atoms with E-state index in [1.807, 2.05) is 0 Å². The quantitative estimate of drug-likeness (QED) is 0.746. The molecular weight excluding hydrogens is 280 g/mol. The predicted octanol–water partition coefficient (Wildman–Crippen LogP) is 4.20. The lowest BCUT2D eigenvalue weighted by Gasteiger charge is -2.19. The molecule has 0 aliphatic heterocycles. The van der Waals surface area contributed by atoms with Crippen molar-refractivity contribution in [3.05, 3.63) is 87.6 Å². The molecule has 2 aromatic carbocycles. The van der Waals surface area contributed by atoms with Crippen molar-refractivity contribution in [1.29, 1.82) is 0 Å². The van der Waals surface area contributed by atoms with Crippen molar-refractivity contribution in [2.45, 2.75) is 33.6 Å². The normalized spacial score (nSPS) is 18.8. The molecule has 0 spiro atoms. The molecule has 22 heavy (non-hydrogen) atoms. The summed E-state index contributed by atoms with van der Waals surface area (Å²) in [4.78, 5) is 0. The van der Waals surface area contributed by atoms with Crippen LogP contribution in [-0.4, -0.2) is 9.52 Å². The molecule has 0 bridgehead atoms. The first kappa shape index (κ1) is 15.0. The highest BCUT2D eigenvalue weighted by Gasteiger charge is 2.28. The summed E-state index contributed by atoms with van der Waals surface area (Å²) in [5, 5.41) is 3.24. The molecule has 112 valence electrons. The van der Waals surface area contributed by atoms with Gasteiger partial charge in [-0.3, -0.25) is 0 Å². The van der Waals surface area contributed by atoms with Crippen LogP contribution in [0.2, 0.25) is 0 Å². The minimum Gasteiger partial charge on any atom is -0.0683 e. The lowest BCUT2D eigenvalue weighted by Crippen LogP contribution is -2.20. The third-order valence-corrected chi connectivity index (χ3v) is 7.26. The minimum absolute atomic E-state index is 0.409. The molecule has 0 heterocycles. The first-order chi connectivity index (χ1) is 10.6. The molecule has 0 fully saturated rings. The van der Waals surface area contributed by atoms with E-state index in [9.17, 15) is 0 Å². The lowest BCUT2D eigenvalue weighted by atomic mass is 9.93. The first-order valence-electron chi connectivity index (χ1n) is 8.06. The Morgan fingerprint density at radius 1 is 0.727 bits per heavy atom. The lowest BCUT2D eigenvalue weighted by molar-refractivity contribution is 0.982. The molecule has 0 nitrogen and oxygen atoms in total. The van der Waals surface area contributed by atoms with Gasteiger partial charge in [0.1, 0.15) is 0 Å². The van der Waals surface area contributed by atoms with Crippen LogP contribution in [0.3, 0.4) is 0 Å². The van der Waals surface area contributed by atoms with Crippen molar-refractivity contribution in [3.63, 3.8) is 0 Å². The number of hydrogen-bond donors (Lipinski definition) is 0. The second kappa shape index (κ2) is 6.10. The van der Waals surface area contributed by atoms with Gasteiger partial charge in [-0.1, -0.05) is 81.7 Å². The van der Waals surface area contributed by atoms with Crippen molar-refractivity contribution in [3.8, 4) is 0 Å². The van der Waals surface area contributed by atoms with Crippen molar-refractivity contribution in [2.75, 3.05) is 0 Å². The van der Waals surface area contributed by atoms with Gasteiger partial charge in [-0.2, -0.15) is 0 Å². The third-order valence-electron chi connectivity index (χ3n) is 5.07. The van der Waals surface area contributed by atoms with Gasteiger partial charge in [-0.05, 0) is 38.8 Å². The number of aryl methyl sites for hydroxylation is 1. The van der Waals surface area contributed by atoms with Gasteiger partial charge < -0.3 is 0 Å². The van der Waals surface area contributed by atoms with E-state index < -0.39 is 9.52 Å². The van der Waals surface area contributed by atoms with E-state index in [-0.39, 0.29) is 0 Å². The van der Waals surface area contributed by atoms with Crippen LogP contribution in [0, 0.1) is 6.92 Å². The molecular formula is C21H24Si. The van der Waals surface area contributed by atoms with Crippen LogP contribution in [0.5, 0.6) is 0 Å². The van der Waals surface area contributed by atoms with E-state index >= 15 is 0 Å². The first-order valence-corrected chi connectivity index (χ1v) is 9.47. The molecule has 0 amide bonds. The highest BCUT2D eigenvalue weighted by molar-refractivity contribution is 6.61. The van der Waals surface area contributed by atoms with Gasteiger partial charge in [-0.15, -0.1) is 0 Å². The maximum Gasteiger partial charge on any atom is 0.0840 e. The minimum atomic E-state index is -0.409. The Labute approximate surface area is 136 Å². The standard InChI is InChI=1S/C21H24Si/c1-14-10-12-18(13-11-14)20-16(3)15(2)17(4)21(20)22-19-8-6-5-7-9-19/h5-13,20H,22H2,1-4H3. The topological polar surface area (TPSA) is 0 Å². The Hall–Kier alpha value is -1.86. The van der Waals surface area contributed by atoms with Crippen LogP contribution in [-0.2, 0) is 0 Å². The van der Waals surface area contributed by atoms with E-state index in [1.54, 1.807) is 16.3 Å². The van der Waals surface area contributed by atoms with Crippen LogP contribution < -0.4 is 5.19 Å². The van der Waals surface area contributed by atoms with Gasteiger partial charge in [0, 0.05) is 5.92 Å².